The summed E-state index contributed by atoms with van der Waals surface area (Å²) in [7, 11) is 0. The van der Waals surface area contributed by atoms with Crippen LogP contribution in [-0.2, 0) is 11.3 Å². The van der Waals surface area contributed by atoms with Crippen molar-refractivity contribution in [3.63, 3.8) is 0 Å². The van der Waals surface area contributed by atoms with E-state index in [-0.39, 0.29) is 11.9 Å². The number of hydrogen-bond acceptors (Lipinski definition) is 4. The van der Waals surface area contributed by atoms with Crippen LogP contribution in [0.2, 0.25) is 0 Å². The first kappa shape index (κ1) is 16.1. The number of thioether (sulfide) groups is 1. The summed E-state index contributed by atoms with van der Waals surface area (Å²) in [4.78, 5) is 12.1. The van der Waals surface area contributed by atoms with Crippen LogP contribution in [0.3, 0.4) is 0 Å². The fourth-order valence-electron chi connectivity index (χ4n) is 2.62. The number of nitrogens with zero attached hydrogens (tertiary/aromatic N) is 2. The highest BCUT2D eigenvalue weighted by molar-refractivity contribution is 7.99. The molecule has 2 N–H and O–H groups in total. The SMILES string of the molecule is Cc1cnn(Cc2ccc(NC(=O)CC3CSCCN3)cc2)c1. The molecular weight excluding hydrogens is 308 g/mol. The maximum atomic E-state index is 12.1. The van der Waals surface area contributed by atoms with E-state index in [0.29, 0.717) is 6.42 Å². The highest BCUT2D eigenvalue weighted by Crippen LogP contribution is 2.14. The third-order valence-electron chi connectivity index (χ3n) is 3.77. The lowest BCUT2D eigenvalue weighted by molar-refractivity contribution is -0.116. The minimum atomic E-state index is 0.0699. The Bertz CT molecular complexity index is 647. The average molecular weight is 330 g/mol. The number of nitrogens with one attached hydrogen (secondary N) is 2. The third kappa shape index (κ3) is 4.84. The van der Waals surface area contributed by atoms with E-state index >= 15 is 0 Å². The fourth-order valence-corrected chi connectivity index (χ4v) is 3.57. The van der Waals surface area contributed by atoms with Crippen LogP contribution in [-0.4, -0.2) is 39.8 Å². The third-order valence-corrected chi connectivity index (χ3v) is 4.91. The van der Waals surface area contributed by atoms with E-state index in [1.54, 1.807) is 0 Å². The number of aryl methyl sites for hydroxylation is 1. The molecule has 2 heterocycles. The lowest BCUT2D eigenvalue weighted by Crippen LogP contribution is -2.39. The van der Waals surface area contributed by atoms with E-state index in [1.165, 1.54) is 0 Å². The highest BCUT2D eigenvalue weighted by Gasteiger charge is 2.16. The van der Waals surface area contributed by atoms with Crippen molar-refractivity contribution in [2.24, 2.45) is 0 Å². The van der Waals surface area contributed by atoms with Crippen LogP contribution in [0.5, 0.6) is 0 Å². The zero-order valence-electron chi connectivity index (χ0n) is 13.3. The van der Waals surface area contributed by atoms with Crippen molar-refractivity contribution >= 4 is 23.4 Å². The molecule has 3 rings (SSSR count). The van der Waals surface area contributed by atoms with Crippen LogP contribution in [0.15, 0.2) is 36.7 Å². The van der Waals surface area contributed by atoms with Crippen LogP contribution in [0, 0.1) is 6.92 Å². The van der Waals surface area contributed by atoms with Gasteiger partial charge in [0, 0.05) is 42.4 Å². The second kappa shape index (κ2) is 7.66. The lowest BCUT2D eigenvalue weighted by Gasteiger charge is -2.22. The molecule has 1 atom stereocenters. The van der Waals surface area contributed by atoms with Crippen molar-refractivity contribution < 1.29 is 4.79 Å². The Balaban J connectivity index is 1.51. The number of benzene rings is 1. The van der Waals surface area contributed by atoms with Gasteiger partial charge in [-0.1, -0.05) is 12.1 Å². The first-order valence-electron chi connectivity index (χ1n) is 7.88. The zero-order valence-corrected chi connectivity index (χ0v) is 14.1. The van der Waals surface area contributed by atoms with Gasteiger partial charge in [0.2, 0.25) is 5.91 Å². The molecule has 6 heteroatoms. The number of hydrogen-bond donors (Lipinski definition) is 2. The van der Waals surface area contributed by atoms with Crippen LogP contribution in [0.4, 0.5) is 5.69 Å². The van der Waals surface area contributed by atoms with Gasteiger partial charge >= 0.3 is 0 Å². The summed E-state index contributed by atoms with van der Waals surface area (Å²) in [5.74, 6) is 2.21. The molecule has 5 nitrogen and oxygen atoms in total. The normalized spacial score (nSPS) is 17.9. The number of amides is 1. The highest BCUT2D eigenvalue weighted by atomic mass is 32.2. The van der Waals surface area contributed by atoms with Gasteiger partial charge in [0.25, 0.3) is 0 Å². The van der Waals surface area contributed by atoms with E-state index < -0.39 is 0 Å². The molecule has 1 aliphatic heterocycles. The molecule has 1 saturated heterocycles. The molecule has 1 unspecified atom stereocenters. The number of anilines is 1. The van der Waals surface area contributed by atoms with Crippen LogP contribution >= 0.6 is 11.8 Å². The van der Waals surface area contributed by atoms with Crippen molar-refractivity contribution in [3.8, 4) is 0 Å². The summed E-state index contributed by atoms with van der Waals surface area (Å²) < 4.78 is 1.91. The van der Waals surface area contributed by atoms with Crippen LogP contribution < -0.4 is 10.6 Å². The monoisotopic (exact) mass is 330 g/mol. The van der Waals surface area contributed by atoms with Crippen LogP contribution in [0.25, 0.3) is 0 Å². The van der Waals surface area contributed by atoms with Gasteiger partial charge in [-0.3, -0.25) is 9.48 Å². The first-order chi connectivity index (χ1) is 11.2. The summed E-state index contributed by atoms with van der Waals surface area (Å²) in [5.41, 5.74) is 3.17. The summed E-state index contributed by atoms with van der Waals surface area (Å²) in [6.45, 7) is 3.76. The van der Waals surface area contributed by atoms with Gasteiger partial charge in [-0.05, 0) is 30.2 Å². The summed E-state index contributed by atoms with van der Waals surface area (Å²) in [6, 6.07) is 8.25. The van der Waals surface area contributed by atoms with Gasteiger partial charge < -0.3 is 10.6 Å². The Labute approximate surface area is 140 Å². The molecule has 0 spiro atoms. The second-order valence-electron chi connectivity index (χ2n) is 5.89. The largest absolute Gasteiger partial charge is 0.326 e. The molecule has 0 radical (unpaired) electrons. The van der Waals surface area contributed by atoms with Crippen molar-refractivity contribution in [2.75, 3.05) is 23.4 Å². The molecule has 2 aromatic rings. The van der Waals surface area contributed by atoms with Crippen molar-refractivity contribution in [2.45, 2.75) is 25.9 Å². The number of carbonyl (C=O) groups excluding carboxylic acids is 1. The molecule has 1 aromatic heterocycles. The van der Waals surface area contributed by atoms with E-state index in [2.05, 4.69) is 15.7 Å². The fraction of sp³-hybridized carbons (Fsp3) is 0.412. The quantitative estimate of drug-likeness (QED) is 0.883. The Morgan fingerprint density at radius 2 is 2.26 bits per heavy atom. The van der Waals surface area contributed by atoms with E-state index in [1.807, 2.05) is 60.0 Å². The summed E-state index contributed by atoms with van der Waals surface area (Å²) in [6.07, 6.45) is 4.40. The van der Waals surface area contributed by atoms with E-state index in [0.717, 1.165) is 41.4 Å². The number of aromatic nitrogens is 2. The average Bonchev–Trinajstić information content (AvgIpc) is 2.95. The zero-order chi connectivity index (χ0) is 16.1. The van der Waals surface area contributed by atoms with E-state index in [4.69, 9.17) is 0 Å². The minimum Gasteiger partial charge on any atom is -0.326 e. The molecule has 0 saturated carbocycles. The van der Waals surface area contributed by atoms with Crippen molar-refractivity contribution in [3.05, 3.63) is 47.8 Å². The summed E-state index contributed by atoms with van der Waals surface area (Å²) >= 11 is 1.91. The van der Waals surface area contributed by atoms with Gasteiger partial charge in [0.05, 0.1) is 12.7 Å². The lowest BCUT2D eigenvalue weighted by atomic mass is 10.2. The summed E-state index contributed by atoms with van der Waals surface area (Å²) in [5, 5.41) is 10.6. The maximum absolute atomic E-state index is 12.1. The van der Waals surface area contributed by atoms with Gasteiger partial charge in [-0.15, -0.1) is 0 Å². The van der Waals surface area contributed by atoms with E-state index in [9.17, 15) is 4.79 Å². The Kier molecular flexibility index (Phi) is 5.35. The molecule has 1 amide bonds. The molecule has 1 fully saturated rings. The van der Waals surface area contributed by atoms with Gasteiger partial charge in [0.15, 0.2) is 0 Å². The molecule has 0 bridgehead atoms. The number of carbonyl (C=O) groups is 1. The van der Waals surface area contributed by atoms with Gasteiger partial charge in [-0.25, -0.2) is 0 Å². The Morgan fingerprint density at radius 3 is 2.91 bits per heavy atom. The second-order valence-corrected chi connectivity index (χ2v) is 7.04. The Morgan fingerprint density at radius 1 is 1.43 bits per heavy atom. The first-order valence-corrected chi connectivity index (χ1v) is 9.03. The molecule has 1 aliphatic rings. The molecule has 1 aromatic carbocycles. The topological polar surface area (TPSA) is 59.0 Å². The molecule has 122 valence electrons. The number of rotatable bonds is 5. The standard InChI is InChI=1S/C17H22N4OS/c1-13-9-19-21(10-13)11-14-2-4-15(5-3-14)20-17(22)8-16-12-23-7-6-18-16/h2-5,9-10,16,18H,6-8,11-12H2,1H3,(H,20,22). The van der Waals surface area contributed by atoms with Gasteiger partial charge in [-0.2, -0.15) is 16.9 Å². The Hall–Kier alpha value is -1.79. The van der Waals surface area contributed by atoms with Crippen molar-refractivity contribution in [1.82, 2.24) is 15.1 Å². The smallest absolute Gasteiger partial charge is 0.225 e. The molecular formula is C17H22N4OS. The molecule has 23 heavy (non-hydrogen) atoms. The predicted octanol–water partition coefficient (Wildman–Crippen LogP) is 2.27. The van der Waals surface area contributed by atoms with Gasteiger partial charge in [0.1, 0.15) is 0 Å². The molecule has 0 aliphatic carbocycles. The van der Waals surface area contributed by atoms with Crippen LogP contribution in [0.1, 0.15) is 17.5 Å². The predicted molar refractivity (Wildman–Crippen MR) is 94.9 cm³/mol. The van der Waals surface area contributed by atoms with Crippen molar-refractivity contribution in [1.29, 1.82) is 0 Å². The maximum Gasteiger partial charge on any atom is 0.225 e. The minimum absolute atomic E-state index is 0.0699.